The predicted molar refractivity (Wildman–Crippen MR) is 124 cm³/mol. The van der Waals surface area contributed by atoms with Crippen LogP contribution in [0.1, 0.15) is 11.3 Å². The third kappa shape index (κ3) is 6.08. The van der Waals surface area contributed by atoms with Gasteiger partial charge in [0.05, 0.1) is 14.2 Å². The predicted octanol–water partition coefficient (Wildman–Crippen LogP) is 3.24. The highest BCUT2D eigenvalue weighted by Gasteiger charge is 2.20. The van der Waals surface area contributed by atoms with E-state index in [9.17, 15) is 8.42 Å². The Labute approximate surface area is 188 Å². The van der Waals surface area contributed by atoms with Crippen molar-refractivity contribution in [3.05, 3.63) is 59.8 Å². The minimum Gasteiger partial charge on any atom is -0.497 e. The highest BCUT2D eigenvalue weighted by Crippen LogP contribution is 2.27. The summed E-state index contributed by atoms with van der Waals surface area (Å²) in [5, 5.41) is 6.29. The van der Waals surface area contributed by atoms with E-state index in [2.05, 4.69) is 25.3 Å². The van der Waals surface area contributed by atoms with Gasteiger partial charge in [0, 0.05) is 36.6 Å². The van der Waals surface area contributed by atoms with Crippen molar-refractivity contribution < 1.29 is 17.9 Å². The van der Waals surface area contributed by atoms with Gasteiger partial charge in [-0.25, -0.2) is 18.1 Å². The maximum atomic E-state index is 12.7. The zero-order valence-corrected chi connectivity index (χ0v) is 19.3. The Morgan fingerprint density at radius 2 is 1.66 bits per heavy atom. The number of anilines is 3. The molecule has 170 valence electrons. The van der Waals surface area contributed by atoms with Gasteiger partial charge in [-0.05, 0) is 38.1 Å². The number of rotatable bonds is 10. The number of aryl methyl sites for hydroxylation is 2. The molecule has 0 aliphatic carbocycles. The molecule has 0 radical (unpaired) electrons. The minimum atomic E-state index is -3.80. The molecule has 3 aromatic rings. The zero-order valence-electron chi connectivity index (χ0n) is 18.5. The van der Waals surface area contributed by atoms with Gasteiger partial charge < -0.3 is 20.1 Å². The molecule has 9 nitrogen and oxygen atoms in total. The number of sulfonamides is 1. The Balaban J connectivity index is 1.62. The number of aromatic nitrogens is 2. The summed E-state index contributed by atoms with van der Waals surface area (Å²) in [4.78, 5) is 8.81. The lowest BCUT2D eigenvalue weighted by atomic mass is 10.2. The van der Waals surface area contributed by atoms with Crippen molar-refractivity contribution in [3.63, 3.8) is 0 Å². The minimum absolute atomic E-state index is 0.00994. The number of hydrogen-bond donors (Lipinski definition) is 3. The standard InChI is InChI=1S/C22H27N5O4S/c1-15-5-7-17(8-6-15)26-21-13-16(2)25-22(27-21)23-11-12-24-32(28,29)20-14-18(30-3)9-10-19(20)31-4/h5-10,13-14,24H,11-12H2,1-4H3,(H2,23,25,26,27). The molecule has 1 heterocycles. The second-order valence-corrected chi connectivity index (χ2v) is 8.79. The van der Waals surface area contributed by atoms with Gasteiger partial charge in [-0.1, -0.05) is 17.7 Å². The van der Waals surface area contributed by atoms with Crippen LogP contribution in [-0.2, 0) is 10.0 Å². The molecule has 32 heavy (non-hydrogen) atoms. The van der Waals surface area contributed by atoms with Crippen LogP contribution in [-0.4, -0.2) is 45.7 Å². The van der Waals surface area contributed by atoms with Crippen molar-refractivity contribution in [1.29, 1.82) is 0 Å². The SMILES string of the molecule is COc1ccc(OC)c(S(=O)(=O)NCCNc2nc(C)cc(Nc3ccc(C)cc3)n2)c1. The van der Waals surface area contributed by atoms with Gasteiger partial charge in [0.2, 0.25) is 16.0 Å². The van der Waals surface area contributed by atoms with Gasteiger partial charge in [0.25, 0.3) is 0 Å². The fourth-order valence-corrected chi connectivity index (χ4v) is 4.14. The van der Waals surface area contributed by atoms with E-state index in [1.54, 1.807) is 12.1 Å². The third-order valence-corrected chi connectivity index (χ3v) is 6.02. The van der Waals surface area contributed by atoms with Crippen molar-refractivity contribution >= 4 is 27.5 Å². The average molecular weight is 458 g/mol. The Morgan fingerprint density at radius 3 is 2.34 bits per heavy atom. The second kappa shape index (κ2) is 10.3. The van der Waals surface area contributed by atoms with Gasteiger partial charge in [-0.2, -0.15) is 4.98 Å². The molecule has 2 aromatic carbocycles. The summed E-state index contributed by atoms with van der Waals surface area (Å²) in [6, 6.07) is 14.4. The molecule has 0 aliphatic rings. The van der Waals surface area contributed by atoms with E-state index in [0.717, 1.165) is 11.4 Å². The molecule has 0 fully saturated rings. The van der Waals surface area contributed by atoms with Crippen LogP contribution < -0.4 is 24.8 Å². The topological polar surface area (TPSA) is 114 Å². The first-order valence-electron chi connectivity index (χ1n) is 9.95. The summed E-state index contributed by atoms with van der Waals surface area (Å²) in [6.45, 7) is 4.31. The van der Waals surface area contributed by atoms with E-state index in [0.29, 0.717) is 24.1 Å². The molecule has 0 amide bonds. The molecule has 10 heteroatoms. The first-order chi connectivity index (χ1) is 15.3. The van der Waals surface area contributed by atoms with Gasteiger partial charge in [-0.3, -0.25) is 0 Å². The summed E-state index contributed by atoms with van der Waals surface area (Å²) in [5.41, 5.74) is 2.87. The van der Waals surface area contributed by atoms with Crippen LogP contribution in [0.3, 0.4) is 0 Å². The van der Waals surface area contributed by atoms with Crippen LogP contribution in [0, 0.1) is 13.8 Å². The van der Waals surface area contributed by atoms with Crippen molar-refractivity contribution in [1.82, 2.24) is 14.7 Å². The lowest BCUT2D eigenvalue weighted by Gasteiger charge is -2.13. The zero-order chi connectivity index (χ0) is 23.1. The maximum Gasteiger partial charge on any atom is 0.244 e. The van der Waals surface area contributed by atoms with Crippen LogP contribution >= 0.6 is 0 Å². The molecule has 0 saturated carbocycles. The molecule has 0 atom stereocenters. The van der Waals surface area contributed by atoms with Crippen molar-refractivity contribution in [2.75, 3.05) is 37.9 Å². The lowest BCUT2D eigenvalue weighted by Crippen LogP contribution is -2.29. The van der Waals surface area contributed by atoms with E-state index < -0.39 is 10.0 Å². The number of methoxy groups -OCH3 is 2. The van der Waals surface area contributed by atoms with Crippen LogP contribution in [0.5, 0.6) is 11.5 Å². The van der Waals surface area contributed by atoms with Crippen LogP contribution in [0.25, 0.3) is 0 Å². The molecule has 0 saturated heterocycles. The van der Waals surface area contributed by atoms with Crippen molar-refractivity contribution in [2.24, 2.45) is 0 Å². The Morgan fingerprint density at radius 1 is 0.906 bits per heavy atom. The van der Waals surface area contributed by atoms with Crippen LogP contribution in [0.15, 0.2) is 53.4 Å². The molecule has 0 spiro atoms. The molecule has 3 N–H and O–H groups in total. The average Bonchev–Trinajstić information content (AvgIpc) is 2.77. The molecular weight excluding hydrogens is 430 g/mol. The second-order valence-electron chi connectivity index (χ2n) is 7.05. The third-order valence-electron chi connectivity index (χ3n) is 4.54. The number of benzene rings is 2. The van der Waals surface area contributed by atoms with E-state index in [1.807, 2.05) is 44.2 Å². The lowest BCUT2D eigenvalue weighted by molar-refractivity contribution is 0.392. The fourth-order valence-electron chi connectivity index (χ4n) is 2.93. The highest BCUT2D eigenvalue weighted by atomic mass is 32.2. The largest absolute Gasteiger partial charge is 0.497 e. The number of ether oxygens (including phenoxy) is 2. The van der Waals surface area contributed by atoms with Crippen LogP contribution in [0.2, 0.25) is 0 Å². The van der Waals surface area contributed by atoms with E-state index >= 15 is 0 Å². The number of nitrogens with zero attached hydrogens (tertiary/aromatic N) is 2. The molecule has 1 aromatic heterocycles. The molecule has 0 aliphatic heterocycles. The highest BCUT2D eigenvalue weighted by molar-refractivity contribution is 7.89. The Hall–Kier alpha value is -3.37. The van der Waals surface area contributed by atoms with Crippen molar-refractivity contribution in [2.45, 2.75) is 18.7 Å². The van der Waals surface area contributed by atoms with Gasteiger partial charge >= 0.3 is 0 Å². The van der Waals surface area contributed by atoms with E-state index in [1.165, 1.54) is 25.8 Å². The smallest absolute Gasteiger partial charge is 0.244 e. The van der Waals surface area contributed by atoms with E-state index in [-0.39, 0.29) is 17.2 Å². The molecule has 0 unspecified atom stereocenters. The first-order valence-corrected chi connectivity index (χ1v) is 11.4. The van der Waals surface area contributed by atoms with Crippen LogP contribution in [0.4, 0.5) is 17.5 Å². The summed E-state index contributed by atoms with van der Waals surface area (Å²) in [7, 11) is -0.911. The maximum absolute atomic E-state index is 12.7. The van der Waals surface area contributed by atoms with Gasteiger partial charge in [-0.15, -0.1) is 0 Å². The van der Waals surface area contributed by atoms with Gasteiger partial charge in [0.1, 0.15) is 22.2 Å². The molecular formula is C22H27N5O4S. The summed E-state index contributed by atoms with van der Waals surface area (Å²) >= 11 is 0. The monoisotopic (exact) mass is 457 g/mol. The van der Waals surface area contributed by atoms with Gasteiger partial charge in [0.15, 0.2) is 0 Å². The fraction of sp³-hybridized carbons (Fsp3) is 0.273. The first kappa shape index (κ1) is 23.3. The summed E-state index contributed by atoms with van der Waals surface area (Å²) < 4.78 is 38.3. The van der Waals surface area contributed by atoms with E-state index in [4.69, 9.17) is 9.47 Å². The number of hydrogen-bond acceptors (Lipinski definition) is 8. The summed E-state index contributed by atoms with van der Waals surface area (Å²) in [5.74, 6) is 1.70. The number of nitrogens with one attached hydrogen (secondary N) is 3. The quantitative estimate of drug-likeness (QED) is 0.398. The Kier molecular flexibility index (Phi) is 7.49. The normalized spacial score (nSPS) is 11.1. The Bertz CT molecular complexity index is 1170. The summed E-state index contributed by atoms with van der Waals surface area (Å²) in [6.07, 6.45) is 0. The van der Waals surface area contributed by atoms with Crippen molar-refractivity contribution in [3.8, 4) is 11.5 Å². The molecule has 3 rings (SSSR count). The molecule has 0 bridgehead atoms.